The van der Waals surface area contributed by atoms with Crippen LogP contribution in [0.4, 0.5) is 0 Å². The van der Waals surface area contributed by atoms with E-state index in [2.05, 4.69) is 13.0 Å². The third kappa shape index (κ3) is 2.23. The fraction of sp³-hybridized carbons (Fsp3) is 0.500. The molecular formula is C12H17NO2. The van der Waals surface area contributed by atoms with Gasteiger partial charge in [-0.2, -0.15) is 0 Å². The molecule has 1 aliphatic rings. The van der Waals surface area contributed by atoms with Crippen LogP contribution in [-0.2, 0) is 0 Å². The molecule has 0 amide bonds. The Hall–Kier alpha value is -1.22. The van der Waals surface area contributed by atoms with E-state index in [1.165, 1.54) is 5.56 Å². The fourth-order valence-corrected chi connectivity index (χ4v) is 1.62. The summed E-state index contributed by atoms with van der Waals surface area (Å²) in [5.41, 5.74) is 6.85. The van der Waals surface area contributed by atoms with Crippen molar-refractivity contribution in [1.82, 2.24) is 0 Å². The van der Waals surface area contributed by atoms with Gasteiger partial charge in [-0.1, -0.05) is 13.0 Å². The lowest BCUT2D eigenvalue weighted by Gasteiger charge is -2.12. The van der Waals surface area contributed by atoms with Crippen LogP contribution in [0.2, 0.25) is 0 Å². The van der Waals surface area contributed by atoms with Gasteiger partial charge in [0.05, 0.1) is 13.2 Å². The minimum Gasteiger partial charge on any atom is -0.490 e. The van der Waals surface area contributed by atoms with Gasteiger partial charge in [-0.05, 0) is 30.2 Å². The van der Waals surface area contributed by atoms with Crippen molar-refractivity contribution >= 4 is 0 Å². The van der Waals surface area contributed by atoms with E-state index in [0.29, 0.717) is 12.5 Å². The van der Waals surface area contributed by atoms with Crippen molar-refractivity contribution in [3.63, 3.8) is 0 Å². The summed E-state index contributed by atoms with van der Waals surface area (Å²) in [5.74, 6) is 2.06. The van der Waals surface area contributed by atoms with Crippen LogP contribution in [0.1, 0.15) is 24.8 Å². The lowest BCUT2D eigenvalue weighted by atomic mass is 10.0. The molecule has 0 fully saturated rings. The van der Waals surface area contributed by atoms with E-state index in [-0.39, 0.29) is 0 Å². The summed E-state index contributed by atoms with van der Waals surface area (Å²) in [6.07, 6.45) is 0.941. The second-order valence-electron chi connectivity index (χ2n) is 3.89. The molecule has 3 heteroatoms. The van der Waals surface area contributed by atoms with Crippen molar-refractivity contribution in [3.8, 4) is 11.5 Å². The molecular weight excluding hydrogens is 190 g/mol. The maximum Gasteiger partial charge on any atom is 0.161 e. The zero-order valence-corrected chi connectivity index (χ0v) is 9.03. The van der Waals surface area contributed by atoms with E-state index in [1.54, 1.807) is 0 Å². The van der Waals surface area contributed by atoms with Crippen LogP contribution in [0.15, 0.2) is 18.2 Å². The van der Waals surface area contributed by atoms with E-state index < -0.39 is 0 Å². The molecule has 2 N–H and O–H groups in total. The molecule has 0 radical (unpaired) electrons. The second kappa shape index (κ2) is 4.53. The van der Waals surface area contributed by atoms with E-state index in [0.717, 1.165) is 31.1 Å². The minimum absolute atomic E-state index is 0.363. The summed E-state index contributed by atoms with van der Waals surface area (Å²) >= 11 is 0. The quantitative estimate of drug-likeness (QED) is 0.805. The van der Waals surface area contributed by atoms with Crippen molar-refractivity contribution in [2.24, 2.45) is 5.73 Å². The van der Waals surface area contributed by atoms with Gasteiger partial charge in [0.2, 0.25) is 0 Å². The van der Waals surface area contributed by atoms with Crippen LogP contribution in [0.25, 0.3) is 0 Å². The van der Waals surface area contributed by atoms with Gasteiger partial charge in [0, 0.05) is 6.42 Å². The molecule has 1 aliphatic heterocycles. The number of nitrogens with two attached hydrogens (primary N) is 1. The molecule has 0 saturated carbocycles. The molecule has 15 heavy (non-hydrogen) atoms. The summed E-state index contributed by atoms with van der Waals surface area (Å²) < 4.78 is 11.2. The predicted molar refractivity (Wildman–Crippen MR) is 59.5 cm³/mol. The van der Waals surface area contributed by atoms with E-state index in [4.69, 9.17) is 15.2 Å². The summed E-state index contributed by atoms with van der Waals surface area (Å²) in [6, 6.07) is 6.07. The Morgan fingerprint density at radius 3 is 2.73 bits per heavy atom. The summed E-state index contributed by atoms with van der Waals surface area (Å²) in [5, 5.41) is 0. The van der Waals surface area contributed by atoms with Gasteiger partial charge in [0.15, 0.2) is 11.5 Å². The van der Waals surface area contributed by atoms with E-state index in [1.807, 2.05) is 12.1 Å². The first kappa shape index (κ1) is 10.3. The molecule has 0 spiro atoms. The van der Waals surface area contributed by atoms with Gasteiger partial charge in [0.1, 0.15) is 0 Å². The number of rotatable bonds is 2. The SMILES string of the molecule is C[C@@H](CN)c1ccc2c(c1)OCCCO2. The van der Waals surface area contributed by atoms with Crippen LogP contribution in [-0.4, -0.2) is 19.8 Å². The maximum atomic E-state index is 5.64. The third-order valence-electron chi connectivity index (χ3n) is 2.69. The Balaban J connectivity index is 2.27. The topological polar surface area (TPSA) is 44.5 Å². The first-order chi connectivity index (χ1) is 7.31. The third-order valence-corrected chi connectivity index (χ3v) is 2.69. The molecule has 0 aliphatic carbocycles. The number of hydrogen-bond acceptors (Lipinski definition) is 3. The highest BCUT2D eigenvalue weighted by Gasteiger charge is 2.12. The smallest absolute Gasteiger partial charge is 0.161 e. The van der Waals surface area contributed by atoms with Gasteiger partial charge in [-0.3, -0.25) is 0 Å². The highest BCUT2D eigenvalue weighted by atomic mass is 16.5. The largest absolute Gasteiger partial charge is 0.490 e. The maximum absolute atomic E-state index is 5.64. The molecule has 82 valence electrons. The monoisotopic (exact) mass is 207 g/mol. The van der Waals surface area contributed by atoms with E-state index >= 15 is 0 Å². The molecule has 2 rings (SSSR count). The van der Waals surface area contributed by atoms with Gasteiger partial charge in [-0.25, -0.2) is 0 Å². The van der Waals surface area contributed by atoms with E-state index in [9.17, 15) is 0 Å². The molecule has 1 atom stereocenters. The van der Waals surface area contributed by atoms with Crippen LogP contribution in [0.3, 0.4) is 0 Å². The molecule has 1 heterocycles. The van der Waals surface area contributed by atoms with Crippen molar-refractivity contribution < 1.29 is 9.47 Å². The minimum atomic E-state index is 0.363. The van der Waals surface area contributed by atoms with Gasteiger partial charge in [-0.15, -0.1) is 0 Å². The van der Waals surface area contributed by atoms with Crippen molar-refractivity contribution in [3.05, 3.63) is 23.8 Å². The number of ether oxygens (including phenoxy) is 2. The van der Waals surface area contributed by atoms with Gasteiger partial charge < -0.3 is 15.2 Å². The Morgan fingerprint density at radius 1 is 1.27 bits per heavy atom. The highest BCUT2D eigenvalue weighted by Crippen LogP contribution is 2.32. The number of fused-ring (bicyclic) bond motifs is 1. The molecule has 3 nitrogen and oxygen atoms in total. The molecule has 0 aromatic heterocycles. The lowest BCUT2D eigenvalue weighted by Crippen LogP contribution is -2.09. The molecule has 0 unspecified atom stereocenters. The van der Waals surface area contributed by atoms with Crippen molar-refractivity contribution in [2.75, 3.05) is 19.8 Å². The zero-order chi connectivity index (χ0) is 10.7. The first-order valence-electron chi connectivity index (χ1n) is 5.41. The van der Waals surface area contributed by atoms with Gasteiger partial charge >= 0.3 is 0 Å². The summed E-state index contributed by atoms with van der Waals surface area (Å²) in [7, 11) is 0. The van der Waals surface area contributed by atoms with Crippen molar-refractivity contribution in [1.29, 1.82) is 0 Å². The van der Waals surface area contributed by atoms with Crippen molar-refractivity contribution in [2.45, 2.75) is 19.3 Å². The molecule has 0 saturated heterocycles. The molecule has 1 aromatic rings. The Kier molecular flexibility index (Phi) is 3.11. The zero-order valence-electron chi connectivity index (χ0n) is 9.03. The summed E-state index contributed by atoms with van der Waals surface area (Å²) in [4.78, 5) is 0. The fourth-order valence-electron chi connectivity index (χ4n) is 1.62. The van der Waals surface area contributed by atoms with Crippen LogP contribution in [0.5, 0.6) is 11.5 Å². The summed E-state index contributed by atoms with van der Waals surface area (Å²) in [6.45, 7) is 4.23. The lowest BCUT2D eigenvalue weighted by molar-refractivity contribution is 0.297. The Morgan fingerprint density at radius 2 is 2.00 bits per heavy atom. The Labute approximate surface area is 90.2 Å². The average Bonchev–Trinajstić information content (AvgIpc) is 2.51. The van der Waals surface area contributed by atoms with Crippen LogP contribution < -0.4 is 15.2 Å². The second-order valence-corrected chi connectivity index (χ2v) is 3.89. The van der Waals surface area contributed by atoms with Crippen LogP contribution in [0, 0.1) is 0 Å². The number of hydrogen-bond donors (Lipinski definition) is 1. The van der Waals surface area contributed by atoms with Gasteiger partial charge in [0.25, 0.3) is 0 Å². The first-order valence-corrected chi connectivity index (χ1v) is 5.41. The normalized spacial score (nSPS) is 16.9. The molecule has 0 bridgehead atoms. The Bertz CT molecular complexity index is 338. The predicted octanol–water partition coefficient (Wildman–Crippen LogP) is 1.91. The highest BCUT2D eigenvalue weighted by molar-refractivity contribution is 5.44. The standard InChI is InChI=1S/C12H17NO2/c1-9(8-13)10-3-4-11-12(7-10)15-6-2-5-14-11/h3-4,7,9H,2,5-6,8,13H2,1H3/t9-/m0/s1. The average molecular weight is 207 g/mol. The number of benzene rings is 1. The molecule has 1 aromatic carbocycles. The van der Waals surface area contributed by atoms with Crippen LogP contribution >= 0.6 is 0 Å².